The van der Waals surface area contributed by atoms with E-state index in [0.29, 0.717) is 34.9 Å². The average molecular weight is 379 g/mol. The molecule has 2 heterocycles. The minimum absolute atomic E-state index is 0.0633. The molecule has 1 aromatic carbocycles. The van der Waals surface area contributed by atoms with Gasteiger partial charge in [-0.1, -0.05) is 26.0 Å². The maximum absolute atomic E-state index is 12.2. The van der Waals surface area contributed by atoms with E-state index in [4.69, 9.17) is 10.5 Å². The van der Waals surface area contributed by atoms with Gasteiger partial charge in [0.05, 0.1) is 17.3 Å². The number of hydrogen-bond acceptors (Lipinski definition) is 6. The number of nitrogen functional groups attached to an aromatic ring is 1. The Labute approximate surface area is 164 Å². The van der Waals surface area contributed by atoms with E-state index in [2.05, 4.69) is 34.1 Å². The van der Waals surface area contributed by atoms with Gasteiger partial charge in [-0.3, -0.25) is 4.79 Å². The number of nitrogens with zero attached hydrogens (tertiary/aromatic N) is 3. The molecule has 0 unspecified atom stereocenters. The summed E-state index contributed by atoms with van der Waals surface area (Å²) >= 11 is 0. The van der Waals surface area contributed by atoms with Crippen molar-refractivity contribution in [1.82, 2.24) is 20.3 Å². The second kappa shape index (κ2) is 8.21. The van der Waals surface area contributed by atoms with Crippen molar-refractivity contribution < 1.29 is 9.53 Å². The third kappa shape index (κ3) is 4.54. The topological polar surface area (TPSA) is 103 Å². The zero-order valence-corrected chi connectivity index (χ0v) is 16.6. The molecule has 7 nitrogen and oxygen atoms in total. The minimum Gasteiger partial charge on any atom is -0.473 e. The molecule has 0 radical (unpaired) electrons. The molecule has 1 amide bonds. The minimum atomic E-state index is -0.0804. The molecular weight excluding hydrogens is 354 g/mol. The number of benzene rings is 1. The van der Waals surface area contributed by atoms with Crippen LogP contribution < -0.4 is 15.8 Å². The van der Waals surface area contributed by atoms with Crippen LogP contribution in [0, 0.1) is 5.92 Å². The van der Waals surface area contributed by atoms with Gasteiger partial charge in [0.2, 0.25) is 11.8 Å². The van der Waals surface area contributed by atoms with Gasteiger partial charge >= 0.3 is 0 Å². The molecule has 0 saturated carbocycles. The maximum atomic E-state index is 12.2. The molecule has 146 valence electrons. The van der Waals surface area contributed by atoms with Crippen LogP contribution in [0.1, 0.15) is 38.1 Å². The number of hydrogen-bond donors (Lipinski definition) is 2. The summed E-state index contributed by atoms with van der Waals surface area (Å²) in [4.78, 5) is 25.2. The Morgan fingerprint density at radius 3 is 2.39 bits per heavy atom. The summed E-state index contributed by atoms with van der Waals surface area (Å²) in [7, 11) is 0. The lowest BCUT2D eigenvalue weighted by Crippen LogP contribution is -2.27. The highest BCUT2D eigenvalue weighted by Gasteiger charge is 2.13. The number of nitrogens with two attached hydrogens (primary N) is 1. The molecule has 3 aromatic rings. The lowest BCUT2D eigenvalue weighted by Gasteiger charge is -2.12. The molecule has 3 rings (SSSR count). The largest absolute Gasteiger partial charge is 0.473 e. The molecule has 3 N–H and O–H groups in total. The summed E-state index contributed by atoms with van der Waals surface area (Å²) in [6.07, 6.45) is -0.0633. The highest BCUT2D eigenvalue weighted by Crippen LogP contribution is 2.26. The van der Waals surface area contributed by atoms with Gasteiger partial charge in [0, 0.05) is 17.7 Å². The van der Waals surface area contributed by atoms with Crippen molar-refractivity contribution in [2.24, 2.45) is 5.92 Å². The number of nitrogens with one attached hydrogen (secondary N) is 1. The number of rotatable bonds is 6. The Morgan fingerprint density at radius 1 is 1.04 bits per heavy atom. The Hall–Kier alpha value is -3.22. The van der Waals surface area contributed by atoms with Crippen LogP contribution in [0.15, 0.2) is 36.4 Å². The second-order valence-corrected chi connectivity index (χ2v) is 7.30. The zero-order valence-electron chi connectivity index (χ0n) is 16.6. The highest BCUT2D eigenvalue weighted by molar-refractivity contribution is 5.94. The smallest absolute Gasteiger partial charge is 0.251 e. The lowest BCUT2D eigenvalue weighted by molar-refractivity contribution is 0.0949. The first kappa shape index (κ1) is 19.5. The Morgan fingerprint density at radius 2 is 1.75 bits per heavy atom. The van der Waals surface area contributed by atoms with Crippen molar-refractivity contribution in [3.63, 3.8) is 0 Å². The van der Waals surface area contributed by atoms with Crippen LogP contribution in [0.4, 0.5) is 5.95 Å². The van der Waals surface area contributed by atoms with Crippen molar-refractivity contribution in [2.75, 3.05) is 12.3 Å². The van der Waals surface area contributed by atoms with Crippen LogP contribution in [0.5, 0.6) is 5.88 Å². The van der Waals surface area contributed by atoms with Crippen molar-refractivity contribution in [1.29, 1.82) is 0 Å². The molecule has 0 bridgehead atoms. The number of pyridine rings is 1. The van der Waals surface area contributed by atoms with E-state index in [1.807, 2.05) is 38.1 Å². The van der Waals surface area contributed by atoms with Gasteiger partial charge in [-0.2, -0.15) is 4.98 Å². The monoisotopic (exact) mass is 379 g/mol. The fraction of sp³-hybridized carbons (Fsp3) is 0.333. The van der Waals surface area contributed by atoms with Crippen LogP contribution in [-0.4, -0.2) is 33.5 Å². The Balaban J connectivity index is 1.91. The van der Waals surface area contributed by atoms with E-state index in [1.165, 1.54) is 0 Å². The molecule has 0 aliphatic carbocycles. The van der Waals surface area contributed by atoms with E-state index >= 15 is 0 Å². The van der Waals surface area contributed by atoms with Crippen molar-refractivity contribution in [3.8, 4) is 17.1 Å². The number of amides is 1. The third-order valence-electron chi connectivity index (χ3n) is 3.99. The summed E-state index contributed by atoms with van der Waals surface area (Å²) in [6, 6.07) is 11.0. The molecule has 7 heteroatoms. The Bertz CT molecular complexity index is 984. The summed E-state index contributed by atoms with van der Waals surface area (Å²) in [5.74, 6) is 0.838. The highest BCUT2D eigenvalue weighted by atomic mass is 16.5. The number of ether oxygens (including phenoxy) is 1. The quantitative estimate of drug-likeness (QED) is 0.680. The molecule has 0 atom stereocenters. The molecular formula is C21H25N5O2. The predicted molar refractivity (Wildman–Crippen MR) is 110 cm³/mol. The average Bonchev–Trinajstić information content (AvgIpc) is 2.65. The second-order valence-electron chi connectivity index (χ2n) is 7.30. The third-order valence-corrected chi connectivity index (χ3v) is 3.99. The Kier molecular flexibility index (Phi) is 5.73. The van der Waals surface area contributed by atoms with Gasteiger partial charge in [-0.15, -0.1) is 0 Å². The van der Waals surface area contributed by atoms with Gasteiger partial charge in [-0.05, 0) is 44.0 Å². The molecule has 2 aromatic heterocycles. The summed E-state index contributed by atoms with van der Waals surface area (Å²) in [5, 5.41) is 2.91. The number of fused-ring (bicyclic) bond motifs is 1. The van der Waals surface area contributed by atoms with Crippen LogP contribution >= 0.6 is 0 Å². The first-order valence-corrected chi connectivity index (χ1v) is 9.33. The molecule has 0 aliphatic rings. The van der Waals surface area contributed by atoms with E-state index in [9.17, 15) is 4.79 Å². The summed E-state index contributed by atoms with van der Waals surface area (Å²) in [5.41, 5.74) is 9.19. The van der Waals surface area contributed by atoms with E-state index in [0.717, 1.165) is 11.3 Å². The summed E-state index contributed by atoms with van der Waals surface area (Å²) in [6.45, 7) is 8.59. The van der Waals surface area contributed by atoms with Gasteiger partial charge in [0.25, 0.3) is 5.91 Å². The van der Waals surface area contributed by atoms with E-state index in [1.54, 1.807) is 12.1 Å². The first-order chi connectivity index (χ1) is 13.3. The first-order valence-electron chi connectivity index (χ1n) is 9.33. The number of carbonyl (C=O) groups is 1. The number of anilines is 1. The normalized spacial score (nSPS) is 11.2. The predicted octanol–water partition coefficient (Wildman–Crippen LogP) is 3.45. The van der Waals surface area contributed by atoms with Crippen LogP contribution in [0.3, 0.4) is 0 Å². The summed E-state index contributed by atoms with van der Waals surface area (Å²) < 4.78 is 5.75. The van der Waals surface area contributed by atoms with Crippen LogP contribution in [-0.2, 0) is 0 Å². The van der Waals surface area contributed by atoms with E-state index < -0.39 is 0 Å². The van der Waals surface area contributed by atoms with Crippen LogP contribution in [0.2, 0.25) is 0 Å². The van der Waals surface area contributed by atoms with Gasteiger partial charge in [0.15, 0.2) is 5.52 Å². The molecule has 0 spiro atoms. The molecule has 0 aliphatic heterocycles. The van der Waals surface area contributed by atoms with Gasteiger partial charge in [-0.25, -0.2) is 9.97 Å². The molecule has 0 saturated heterocycles. The SMILES string of the molecule is CC(C)CNC(=O)c1ccc(-c2ccc3nc(N)nc(OC(C)C)c3n2)cc1. The van der Waals surface area contributed by atoms with Crippen molar-refractivity contribution >= 4 is 22.9 Å². The number of aromatic nitrogens is 3. The van der Waals surface area contributed by atoms with Crippen molar-refractivity contribution in [3.05, 3.63) is 42.0 Å². The molecule has 28 heavy (non-hydrogen) atoms. The fourth-order valence-electron chi connectivity index (χ4n) is 2.66. The standard InChI is InChI=1S/C21H25N5O2/c1-12(2)11-23-19(27)15-7-5-14(6-8-15)16-9-10-17-18(24-16)20(28-13(3)4)26-21(22)25-17/h5-10,12-13H,11H2,1-4H3,(H,23,27)(H2,22,25,26). The van der Waals surface area contributed by atoms with Crippen LogP contribution in [0.25, 0.3) is 22.3 Å². The maximum Gasteiger partial charge on any atom is 0.251 e. The molecule has 0 fully saturated rings. The number of carbonyl (C=O) groups excluding carboxylic acids is 1. The van der Waals surface area contributed by atoms with Gasteiger partial charge in [0.1, 0.15) is 0 Å². The van der Waals surface area contributed by atoms with E-state index in [-0.39, 0.29) is 18.0 Å². The van der Waals surface area contributed by atoms with Crippen molar-refractivity contribution in [2.45, 2.75) is 33.8 Å². The zero-order chi connectivity index (χ0) is 20.3. The fourth-order valence-corrected chi connectivity index (χ4v) is 2.66. The van der Waals surface area contributed by atoms with Gasteiger partial charge < -0.3 is 15.8 Å². The lowest BCUT2D eigenvalue weighted by atomic mass is 10.1.